The SMILES string of the molecule is CC(C)CC(N)C(=O)OC(C)C(=O)N1CCC(CCn2c(Sc3cc4c(cc3Br)OCO4)nc3c(N)ncnc32)CC1. The predicted octanol–water partition coefficient (Wildman–Crippen LogP) is 3.98. The van der Waals surface area contributed by atoms with Crippen molar-refractivity contribution in [3.8, 4) is 11.5 Å². The maximum Gasteiger partial charge on any atom is 0.323 e. The van der Waals surface area contributed by atoms with Gasteiger partial charge in [-0.05, 0) is 72.5 Å². The van der Waals surface area contributed by atoms with E-state index in [1.807, 2.05) is 26.0 Å². The van der Waals surface area contributed by atoms with Crippen LogP contribution in [0.15, 0.2) is 33.0 Å². The highest BCUT2D eigenvalue weighted by atomic mass is 79.9. The lowest BCUT2D eigenvalue weighted by Crippen LogP contribution is -2.46. The standard InChI is InChI=1S/C28H36BrN7O5S/c1-15(2)10-19(30)27(38)41-16(3)26(37)35-7-4-17(5-8-35)6-9-36-25-23(24(31)32-13-33-25)34-28(36)42-22-12-21-20(11-18(22)29)39-14-40-21/h11-13,15-17,19H,4-10,14,30H2,1-3H3,(H2,31,32,33). The fourth-order valence-electron chi connectivity index (χ4n) is 5.22. The number of anilines is 1. The Morgan fingerprint density at radius 1 is 1.17 bits per heavy atom. The minimum absolute atomic E-state index is 0.181. The molecule has 0 saturated carbocycles. The van der Waals surface area contributed by atoms with Crippen LogP contribution in [-0.2, 0) is 20.9 Å². The molecule has 1 aromatic carbocycles. The van der Waals surface area contributed by atoms with Crippen molar-refractivity contribution in [2.75, 3.05) is 25.6 Å². The first kappa shape index (κ1) is 30.4. The molecule has 0 bridgehead atoms. The monoisotopic (exact) mass is 661 g/mol. The van der Waals surface area contributed by atoms with Crippen molar-refractivity contribution in [2.45, 2.75) is 75.2 Å². The molecule has 1 amide bonds. The number of ether oxygens (including phenoxy) is 3. The Labute approximate surface area is 257 Å². The van der Waals surface area contributed by atoms with Crippen LogP contribution in [0.25, 0.3) is 11.2 Å². The van der Waals surface area contributed by atoms with Crippen LogP contribution >= 0.6 is 27.7 Å². The number of amides is 1. The number of nitrogens with two attached hydrogens (primary N) is 2. The molecule has 2 aliphatic heterocycles. The summed E-state index contributed by atoms with van der Waals surface area (Å²) in [5.41, 5.74) is 13.3. The van der Waals surface area contributed by atoms with Crippen LogP contribution in [0.5, 0.6) is 11.5 Å². The van der Waals surface area contributed by atoms with Crippen LogP contribution in [0.4, 0.5) is 5.82 Å². The molecule has 0 radical (unpaired) electrons. The van der Waals surface area contributed by atoms with E-state index in [1.165, 1.54) is 18.1 Å². The van der Waals surface area contributed by atoms with Gasteiger partial charge in [0.1, 0.15) is 12.4 Å². The molecule has 2 aliphatic rings. The molecule has 0 spiro atoms. The van der Waals surface area contributed by atoms with E-state index in [2.05, 4.69) is 30.5 Å². The van der Waals surface area contributed by atoms with Gasteiger partial charge in [0, 0.05) is 29.0 Å². The minimum Gasteiger partial charge on any atom is -0.454 e. The average molecular weight is 663 g/mol. The maximum atomic E-state index is 13.0. The second-order valence-electron chi connectivity index (χ2n) is 11.1. The third-order valence-corrected chi connectivity index (χ3v) is 9.48. The Morgan fingerprint density at radius 3 is 2.60 bits per heavy atom. The van der Waals surface area contributed by atoms with E-state index in [0.29, 0.717) is 60.5 Å². The second-order valence-corrected chi connectivity index (χ2v) is 13.0. The molecule has 226 valence electrons. The third-order valence-electron chi connectivity index (χ3n) is 7.51. The van der Waals surface area contributed by atoms with Gasteiger partial charge in [-0.3, -0.25) is 9.59 Å². The molecule has 2 aromatic heterocycles. The summed E-state index contributed by atoms with van der Waals surface area (Å²) in [6.07, 6.45) is 3.68. The van der Waals surface area contributed by atoms with Crippen molar-refractivity contribution in [3.05, 3.63) is 22.9 Å². The zero-order chi connectivity index (χ0) is 30.0. The third kappa shape index (κ3) is 6.76. The summed E-state index contributed by atoms with van der Waals surface area (Å²) in [5.74, 6) is 1.67. The van der Waals surface area contributed by atoms with E-state index in [1.54, 1.807) is 11.8 Å². The summed E-state index contributed by atoms with van der Waals surface area (Å²) >= 11 is 5.12. The van der Waals surface area contributed by atoms with E-state index in [-0.39, 0.29) is 18.6 Å². The van der Waals surface area contributed by atoms with Gasteiger partial charge in [-0.1, -0.05) is 25.6 Å². The lowest BCUT2D eigenvalue weighted by atomic mass is 9.93. The highest BCUT2D eigenvalue weighted by molar-refractivity contribution is 9.10. The van der Waals surface area contributed by atoms with Gasteiger partial charge in [0.05, 0.1) is 0 Å². The number of hydrogen-bond donors (Lipinski definition) is 2. The van der Waals surface area contributed by atoms with Gasteiger partial charge in [0.25, 0.3) is 5.91 Å². The van der Waals surface area contributed by atoms with Crippen LogP contribution in [-0.4, -0.2) is 68.3 Å². The molecule has 5 rings (SSSR count). The summed E-state index contributed by atoms with van der Waals surface area (Å²) in [5, 5.41) is 0.746. The Balaban J connectivity index is 1.21. The number of benzene rings is 1. The quantitative estimate of drug-likeness (QED) is 0.302. The van der Waals surface area contributed by atoms with Crippen molar-refractivity contribution in [1.82, 2.24) is 24.4 Å². The van der Waals surface area contributed by atoms with Gasteiger partial charge < -0.3 is 35.1 Å². The van der Waals surface area contributed by atoms with Gasteiger partial charge >= 0.3 is 5.97 Å². The number of nitrogen functional groups attached to an aromatic ring is 1. The van der Waals surface area contributed by atoms with Crippen LogP contribution in [0.2, 0.25) is 0 Å². The Kier molecular flexibility index (Phi) is 9.43. The maximum absolute atomic E-state index is 13.0. The highest BCUT2D eigenvalue weighted by Crippen LogP contribution is 2.43. The molecule has 2 atom stereocenters. The predicted molar refractivity (Wildman–Crippen MR) is 161 cm³/mol. The largest absolute Gasteiger partial charge is 0.454 e. The fourth-order valence-corrected chi connectivity index (χ4v) is 6.72. The van der Waals surface area contributed by atoms with Crippen LogP contribution in [0.3, 0.4) is 0 Å². The zero-order valence-corrected chi connectivity index (χ0v) is 26.3. The van der Waals surface area contributed by atoms with Gasteiger partial charge in [0.2, 0.25) is 6.79 Å². The Hall–Kier alpha value is -3.10. The van der Waals surface area contributed by atoms with E-state index < -0.39 is 18.1 Å². The normalized spacial score (nSPS) is 16.7. The molecule has 4 heterocycles. The molecule has 14 heteroatoms. The first-order chi connectivity index (χ1) is 20.1. The Bertz CT molecular complexity index is 1460. The molecule has 1 saturated heterocycles. The smallest absolute Gasteiger partial charge is 0.323 e. The van der Waals surface area contributed by atoms with E-state index in [0.717, 1.165) is 33.8 Å². The fraction of sp³-hybridized carbons (Fsp3) is 0.536. The number of esters is 1. The van der Waals surface area contributed by atoms with Gasteiger partial charge in [-0.15, -0.1) is 0 Å². The van der Waals surface area contributed by atoms with Crippen LogP contribution in [0, 0.1) is 11.8 Å². The number of halogens is 1. The van der Waals surface area contributed by atoms with Gasteiger partial charge in [-0.25, -0.2) is 15.0 Å². The number of likely N-dealkylation sites (tertiary alicyclic amines) is 1. The molecule has 1 fully saturated rings. The lowest BCUT2D eigenvalue weighted by molar-refractivity contribution is -0.161. The summed E-state index contributed by atoms with van der Waals surface area (Å²) in [7, 11) is 0. The van der Waals surface area contributed by atoms with Crippen molar-refractivity contribution in [1.29, 1.82) is 0 Å². The van der Waals surface area contributed by atoms with E-state index in [9.17, 15) is 9.59 Å². The number of carbonyl (C=O) groups is 2. The summed E-state index contributed by atoms with van der Waals surface area (Å²) in [6.45, 7) is 7.68. The molecule has 12 nitrogen and oxygen atoms in total. The van der Waals surface area contributed by atoms with Crippen molar-refractivity contribution >= 4 is 56.6 Å². The van der Waals surface area contributed by atoms with Gasteiger partial charge in [0.15, 0.2) is 39.7 Å². The number of rotatable bonds is 10. The first-order valence-corrected chi connectivity index (χ1v) is 15.7. The molecule has 4 N–H and O–H groups in total. The topological polar surface area (TPSA) is 161 Å². The van der Waals surface area contributed by atoms with Crippen molar-refractivity contribution in [3.63, 3.8) is 0 Å². The number of piperidine rings is 1. The summed E-state index contributed by atoms with van der Waals surface area (Å²) in [6, 6.07) is 3.10. The van der Waals surface area contributed by atoms with Crippen molar-refractivity contribution < 1.29 is 23.8 Å². The minimum atomic E-state index is -0.857. The summed E-state index contributed by atoms with van der Waals surface area (Å²) in [4.78, 5) is 41.4. The highest BCUT2D eigenvalue weighted by Gasteiger charge is 2.30. The van der Waals surface area contributed by atoms with Gasteiger partial charge in [-0.2, -0.15) is 0 Å². The molecule has 2 unspecified atom stereocenters. The summed E-state index contributed by atoms with van der Waals surface area (Å²) < 4.78 is 19.4. The second kappa shape index (κ2) is 13.0. The average Bonchev–Trinajstić information content (AvgIpc) is 3.56. The number of nitrogens with zero attached hydrogens (tertiary/aromatic N) is 5. The number of hydrogen-bond acceptors (Lipinski definition) is 11. The van der Waals surface area contributed by atoms with E-state index >= 15 is 0 Å². The molecule has 0 aliphatic carbocycles. The number of aromatic nitrogens is 4. The first-order valence-electron chi connectivity index (χ1n) is 14.1. The lowest BCUT2D eigenvalue weighted by Gasteiger charge is -2.33. The molecule has 3 aromatic rings. The molecular weight excluding hydrogens is 626 g/mol. The number of carbonyl (C=O) groups excluding carboxylic acids is 2. The van der Waals surface area contributed by atoms with Crippen molar-refractivity contribution in [2.24, 2.45) is 17.6 Å². The van der Waals surface area contributed by atoms with Crippen LogP contribution < -0.4 is 20.9 Å². The zero-order valence-electron chi connectivity index (χ0n) is 23.9. The van der Waals surface area contributed by atoms with E-state index in [4.69, 9.17) is 30.7 Å². The number of fused-ring (bicyclic) bond motifs is 2. The molecule has 42 heavy (non-hydrogen) atoms. The number of imidazole rings is 1. The van der Waals surface area contributed by atoms with Crippen LogP contribution in [0.1, 0.15) is 46.5 Å². The number of aryl methyl sites for hydroxylation is 1. The Morgan fingerprint density at radius 2 is 1.88 bits per heavy atom. The molecular formula is C28H36BrN7O5S.